The van der Waals surface area contributed by atoms with Gasteiger partial charge in [0.2, 0.25) is 0 Å². The minimum absolute atomic E-state index is 0.134. The van der Waals surface area contributed by atoms with Gasteiger partial charge in [-0.15, -0.1) is 6.42 Å². The second-order valence-electron chi connectivity index (χ2n) is 3.89. The number of hydrogen-bond donors (Lipinski definition) is 1. The Balaban J connectivity index is 3.02. The highest BCUT2D eigenvalue weighted by atomic mass is 19.4. The van der Waals surface area contributed by atoms with Gasteiger partial charge in [0, 0.05) is 14.1 Å². The molecular formula is C12H12F3N3O2. The van der Waals surface area contributed by atoms with Gasteiger partial charge in [-0.1, -0.05) is 5.92 Å². The van der Waals surface area contributed by atoms with E-state index in [0.29, 0.717) is 0 Å². The molecule has 1 aromatic rings. The molecule has 0 unspecified atom stereocenters. The molecule has 0 aromatic carbocycles. The summed E-state index contributed by atoms with van der Waals surface area (Å²) in [6.45, 7) is -0.277. The van der Waals surface area contributed by atoms with Crippen LogP contribution in [0.5, 0.6) is 0 Å². The van der Waals surface area contributed by atoms with Crippen LogP contribution in [0.1, 0.15) is 5.56 Å². The molecule has 0 radical (unpaired) electrons. The second-order valence-corrected chi connectivity index (χ2v) is 3.89. The molecule has 8 heteroatoms. The summed E-state index contributed by atoms with van der Waals surface area (Å²) in [6.07, 6.45) is 0.443. The van der Waals surface area contributed by atoms with Gasteiger partial charge in [-0.3, -0.25) is 5.32 Å². The molecule has 0 aliphatic heterocycles. The van der Waals surface area contributed by atoms with Crippen LogP contribution in [0.15, 0.2) is 12.3 Å². The number of halogens is 3. The lowest BCUT2D eigenvalue weighted by Crippen LogP contribution is -2.20. The molecule has 1 amide bonds. The molecule has 1 aromatic heterocycles. The fraction of sp³-hybridized carbons (Fsp3) is 0.333. The number of nitrogens with zero attached hydrogens (tertiary/aromatic N) is 2. The van der Waals surface area contributed by atoms with Crippen LogP contribution < -0.4 is 10.2 Å². The van der Waals surface area contributed by atoms with Crippen LogP contribution >= 0.6 is 0 Å². The second kappa shape index (κ2) is 6.14. The standard InChI is InChI=1S/C12H12F3N3O2/c1-4-5-20-11(19)17-8-6-9(12(13,14)15)10(16-7-8)18(2)3/h1,6-7H,5H2,2-3H3,(H,17,19). The average Bonchev–Trinajstić information content (AvgIpc) is 2.35. The van der Waals surface area contributed by atoms with E-state index in [9.17, 15) is 18.0 Å². The van der Waals surface area contributed by atoms with E-state index in [0.717, 1.165) is 12.3 Å². The third-order valence-corrected chi connectivity index (χ3v) is 2.13. The van der Waals surface area contributed by atoms with Gasteiger partial charge in [-0.25, -0.2) is 9.78 Å². The quantitative estimate of drug-likeness (QED) is 0.867. The van der Waals surface area contributed by atoms with E-state index in [2.05, 4.69) is 21.0 Å². The molecule has 5 nitrogen and oxygen atoms in total. The fourth-order valence-electron chi connectivity index (χ4n) is 1.35. The first-order valence-electron chi connectivity index (χ1n) is 5.37. The van der Waals surface area contributed by atoms with Crippen molar-refractivity contribution in [1.29, 1.82) is 0 Å². The number of terminal acetylenes is 1. The molecule has 108 valence electrons. The van der Waals surface area contributed by atoms with Crippen molar-refractivity contribution in [3.63, 3.8) is 0 Å². The lowest BCUT2D eigenvalue weighted by Gasteiger charge is -2.18. The van der Waals surface area contributed by atoms with Crippen LogP contribution in [-0.4, -0.2) is 31.8 Å². The lowest BCUT2D eigenvalue weighted by atomic mass is 10.2. The Kier molecular flexibility index (Phi) is 4.80. The number of carbonyl (C=O) groups excluding carboxylic acids is 1. The highest BCUT2D eigenvalue weighted by Gasteiger charge is 2.35. The molecule has 20 heavy (non-hydrogen) atoms. The van der Waals surface area contributed by atoms with Crippen LogP contribution in [0, 0.1) is 12.3 Å². The molecule has 0 atom stereocenters. The number of anilines is 2. The largest absolute Gasteiger partial charge is 0.436 e. The van der Waals surface area contributed by atoms with Gasteiger partial charge in [-0.05, 0) is 6.07 Å². The fourth-order valence-corrected chi connectivity index (χ4v) is 1.35. The first kappa shape index (κ1) is 15.6. The van der Waals surface area contributed by atoms with E-state index in [1.165, 1.54) is 19.0 Å². The molecule has 0 saturated heterocycles. The minimum atomic E-state index is -4.59. The van der Waals surface area contributed by atoms with Gasteiger partial charge in [0.05, 0.1) is 11.9 Å². The first-order chi connectivity index (χ1) is 9.25. The van der Waals surface area contributed by atoms with Crippen LogP contribution in [-0.2, 0) is 10.9 Å². The summed E-state index contributed by atoms with van der Waals surface area (Å²) in [5, 5.41) is 2.12. The van der Waals surface area contributed by atoms with E-state index >= 15 is 0 Å². The number of nitrogens with one attached hydrogen (secondary N) is 1. The predicted octanol–water partition coefficient (Wildman–Crippen LogP) is 2.35. The molecule has 0 fully saturated rings. The maximum atomic E-state index is 12.9. The van der Waals surface area contributed by atoms with Gasteiger partial charge in [-0.2, -0.15) is 13.2 Å². The zero-order valence-electron chi connectivity index (χ0n) is 10.8. The van der Waals surface area contributed by atoms with E-state index < -0.39 is 17.8 Å². The molecule has 0 aliphatic carbocycles. The Hall–Kier alpha value is -2.43. The third-order valence-electron chi connectivity index (χ3n) is 2.13. The van der Waals surface area contributed by atoms with Gasteiger partial charge in [0.1, 0.15) is 11.4 Å². The molecule has 1 heterocycles. The van der Waals surface area contributed by atoms with Gasteiger partial charge in [0.15, 0.2) is 6.61 Å². The van der Waals surface area contributed by atoms with Gasteiger partial charge >= 0.3 is 12.3 Å². The maximum Gasteiger partial charge on any atom is 0.420 e. The van der Waals surface area contributed by atoms with Crippen molar-refractivity contribution in [3.05, 3.63) is 17.8 Å². The van der Waals surface area contributed by atoms with Crippen LogP contribution in [0.2, 0.25) is 0 Å². The molecule has 0 aliphatic rings. The summed E-state index contributed by atoms with van der Waals surface area (Å²) >= 11 is 0. The van der Waals surface area contributed by atoms with Crippen molar-refractivity contribution < 1.29 is 22.7 Å². The monoisotopic (exact) mass is 287 g/mol. The van der Waals surface area contributed by atoms with Crippen molar-refractivity contribution in [2.75, 3.05) is 30.9 Å². The predicted molar refractivity (Wildman–Crippen MR) is 67.4 cm³/mol. The summed E-state index contributed by atoms with van der Waals surface area (Å²) in [6, 6.07) is 0.777. The maximum absolute atomic E-state index is 12.9. The van der Waals surface area contributed by atoms with Crippen LogP contribution in [0.25, 0.3) is 0 Å². The first-order valence-corrected chi connectivity index (χ1v) is 5.37. The Bertz CT molecular complexity index is 536. The molecule has 0 spiro atoms. The van der Waals surface area contributed by atoms with Crippen LogP contribution in [0.3, 0.4) is 0 Å². The number of alkyl halides is 3. The Morgan fingerprint density at radius 2 is 2.20 bits per heavy atom. The van der Waals surface area contributed by atoms with Crippen LogP contribution in [0.4, 0.5) is 29.5 Å². The lowest BCUT2D eigenvalue weighted by molar-refractivity contribution is -0.137. The molecule has 1 rings (SSSR count). The highest BCUT2D eigenvalue weighted by Crippen LogP contribution is 2.36. The van der Waals surface area contributed by atoms with Crippen molar-refractivity contribution >= 4 is 17.6 Å². The zero-order chi connectivity index (χ0) is 15.3. The summed E-state index contributed by atoms with van der Waals surface area (Å²) < 4.78 is 43.2. The SMILES string of the molecule is C#CCOC(=O)Nc1cnc(N(C)C)c(C(F)(F)F)c1. The highest BCUT2D eigenvalue weighted by molar-refractivity contribution is 5.84. The van der Waals surface area contributed by atoms with E-state index in [4.69, 9.17) is 6.42 Å². The number of amides is 1. The van der Waals surface area contributed by atoms with Crippen molar-refractivity contribution in [1.82, 2.24) is 4.98 Å². The van der Waals surface area contributed by atoms with Gasteiger partial charge in [0.25, 0.3) is 0 Å². The van der Waals surface area contributed by atoms with Crippen molar-refractivity contribution in [2.45, 2.75) is 6.18 Å². The normalized spacial score (nSPS) is 10.6. The molecule has 1 N–H and O–H groups in total. The van der Waals surface area contributed by atoms with E-state index in [1.807, 2.05) is 0 Å². The number of hydrogen-bond acceptors (Lipinski definition) is 4. The molecular weight excluding hydrogens is 275 g/mol. The summed E-state index contributed by atoms with van der Waals surface area (Å²) in [4.78, 5) is 16.1. The van der Waals surface area contributed by atoms with E-state index in [1.54, 1.807) is 0 Å². The van der Waals surface area contributed by atoms with Gasteiger partial charge < -0.3 is 9.64 Å². The third kappa shape index (κ3) is 4.05. The van der Waals surface area contributed by atoms with E-state index in [-0.39, 0.29) is 18.1 Å². The Morgan fingerprint density at radius 1 is 1.55 bits per heavy atom. The molecule has 0 bridgehead atoms. The zero-order valence-corrected chi connectivity index (χ0v) is 10.8. The van der Waals surface area contributed by atoms with Crippen molar-refractivity contribution in [3.8, 4) is 12.3 Å². The number of ether oxygens (including phenoxy) is 1. The average molecular weight is 287 g/mol. The topological polar surface area (TPSA) is 54.5 Å². The summed E-state index contributed by atoms with van der Waals surface area (Å²) in [5.41, 5.74) is -1.10. The number of carbonyl (C=O) groups is 1. The number of aromatic nitrogens is 1. The Labute approximate surface area is 113 Å². The summed E-state index contributed by atoms with van der Waals surface area (Å²) in [7, 11) is 2.87. The van der Waals surface area contributed by atoms with Crippen molar-refractivity contribution in [2.24, 2.45) is 0 Å². The summed E-state index contributed by atoms with van der Waals surface area (Å²) in [5.74, 6) is 1.81. The molecule has 0 saturated carbocycles. The number of pyridine rings is 1. The Morgan fingerprint density at radius 3 is 2.70 bits per heavy atom. The minimum Gasteiger partial charge on any atom is -0.436 e. The number of rotatable bonds is 3. The smallest absolute Gasteiger partial charge is 0.420 e.